The average molecular weight is 387 g/mol. The van der Waals surface area contributed by atoms with Crippen molar-refractivity contribution in [3.8, 4) is 10.4 Å². The van der Waals surface area contributed by atoms with Crippen LogP contribution < -0.4 is 10.6 Å². The van der Waals surface area contributed by atoms with E-state index in [9.17, 15) is 4.79 Å². The van der Waals surface area contributed by atoms with E-state index >= 15 is 0 Å². The number of thiophene rings is 1. The van der Waals surface area contributed by atoms with Crippen LogP contribution in [-0.4, -0.2) is 28.5 Å². The quantitative estimate of drug-likeness (QED) is 0.735. The fourth-order valence-electron chi connectivity index (χ4n) is 3.44. The van der Waals surface area contributed by atoms with Crippen LogP contribution >= 0.6 is 22.9 Å². The summed E-state index contributed by atoms with van der Waals surface area (Å²) in [5, 5.41) is 0.718. The second-order valence-electron chi connectivity index (χ2n) is 6.71. The van der Waals surface area contributed by atoms with E-state index in [2.05, 4.69) is 27.9 Å². The van der Waals surface area contributed by atoms with E-state index < -0.39 is 0 Å². The predicted molar refractivity (Wildman–Crippen MR) is 107 cm³/mol. The molecule has 2 atom stereocenters. The average Bonchev–Trinajstić information content (AvgIpc) is 3.07. The van der Waals surface area contributed by atoms with Crippen LogP contribution in [0.5, 0.6) is 0 Å². The zero-order valence-corrected chi connectivity index (χ0v) is 15.9. The number of nitrogens with zero attached hydrogens (tertiary/aromatic N) is 3. The number of carbonyl (C=O) groups is 1. The lowest BCUT2D eigenvalue weighted by molar-refractivity contribution is -0.122. The van der Waals surface area contributed by atoms with Crippen molar-refractivity contribution in [2.24, 2.45) is 11.7 Å². The van der Waals surface area contributed by atoms with Crippen molar-refractivity contribution in [1.29, 1.82) is 0 Å². The van der Waals surface area contributed by atoms with Gasteiger partial charge in [-0.1, -0.05) is 23.7 Å². The third-order valence-electron chi connectivity index (χ3n) is 4.98. The molecule has 1 aromatic carbocycles. The standard InChI is InChI=1S/C19H19ClN4OS/c1-11-2-3-13(18(21)25)9-24(11)19-17-15(22-10-23-19)8-16(26-17)12-4-6-14(20)7-5-12/h4-8,10-11,13H,2-3,9H2,1H3,(H2,21,25). The first-order chi connectivity index (χ1) is 12.5. The van der Waals surface area contributed by atoms with E-state index in [-0.39, 0.29) is 11.8 Å². The molecule has 134 valence electrons. The third kappa shape index (κ3) is 3.15. The predicted octanol–water partition coefficient (Wildman–Crippen LogP) is 4.10. The summed E-state index contributed by atoms with van der Waals surface area (Å²) in [6, 6.07) is 10.2. The van der Waals surface area contributed by atoms with Crippen LogP contribution in [-0.2, 0) is 4.79 Å². The minimum atomic E-state index is -0.236. The van der Waals surface area contributed by atoms with Crippen molar-refractivity contribution in [3.05, 3.63) is 41.7 Å². The molecule has 1 aliphatic rings. The first-order valence-corrected chi connectivity index (χ1v) is 9.79. The van der Waals surface area contributed by atoms with Crippen LogP contribution in [0.15, 0.2) is 36.7 Å². The first-order valence-electron chi connectivity index (χ1n) is 8.59. The van der Waals surface area contributed by atoms with Gasteiger partial charge in [-0.05, 0) is 43.5 Å². The molecule has 3 heterocycles. The third-order valence-corrected chi connectivity index (χ3v) is 6.40. The van der Waals surface area contributed by atoms with Gasteiger partial charge in [0.15, 0.2) is 0 Å². The maximum absolute atomic E-state index is 11.7. The summed E-state index contributed by atoms with van der Waals surface area (Å²) < 4.78 is 1.04. The van der Waals surface area contributed by atoms with Crippen LogP contribution in [0, 0.1) is 5.92 Å². The maximum Gasteiger partial charge on any atom is 0.222 e. The Balaban J connectivity index is 1.75. The number of rotatable bonds is 3. The fraction of sp³-hybridized carbons (Fsp3) is 0.316. The van der Waals surface area contributed by atoms with Gasteiger partial charge < -0.3 is 10.6 Å². The van der Waals surface area contributed by atoms with Crippen LogP contribution in [0.4, 0.5) is 5.82 Å². The molecule has 0 aliphatic carbocycles. The van der Waals surface area contributed by atoms with Crippen molar-refractivity contribution < 1.29 is 4.79 Å². The normalized spacial score (nSPS) is 20.5. The molecule has 26 heavy (non-hydrogen) atoms. The Morgan fingerprint density at radius 2 is 2.04 bits per heavy atom. The number of amides is 1. The molecule has 1 saturated heterocycles. The second kappa shape index (κ2) is 6.85. The number of benzene rings is 1. The molecule has 0 bridgehead atoms. The molecule has 0 spiro atoms. The molecule has 2 aromatic heterocycles. The number of piperidine rings is 1. The fourth-order valence-corrected chi connectivity index (χ4v) is 4.69. The molecule has 1 amide bonds. The minimum Gasteiger partial charge on any atom is -0.369 e. The van der Waals surface area contributed by atoms with Crippen molar-refractivity contribution in [1.82, 2.24) is 9.97 Å². The molecule has 2 unspecified atom stereocenters. The van der Waals surface area contributed by atoms with Crippen LogP contribution in [0.1, 0.15) is 19.8 Å². The van der Waals surface area contributed by atoms with Crippen molar-refractivity contribution in [3.63, 3.8) is 0 Å². The molecule has 2 N–H and O–H groups in total. The Morgan fingerprint density at radius 3 is 2.77 bits per heavy atom. The van der Waals surface area contributed by atoms with Gasteiger partial charge in [-0.15, -0.1) is 11.3 Å². The van der Waals surface area contributed by atoms with Gasteiger partial charge in [-0.2, -0.15) is 0 Å². The maximum atomic E-state index is 11.7. The molecule has 5 nitrogen and oxygen atoms in total. The summed E-state index contributed by atoms with van der Waals surface area (Å²) in [4.78, 5) is 24.0. The van der Waals surface area contributed by atoms with Gasteiger partial charge in [0.05, 0.1) is 16.1 Å². The van der Waals surface area contributed by atoms with E-state index in [4.69, 9.17) is 17.3 Å². The van der Waals surface area contributed by atoms with Gasteiger partial charge in [0.1, 0.15) is 12.1 Å². The summed E-state index contributed by atoms with van der Waals surface area (Å²) in [6.45, 7) is 2.77. The van der Waals surface area contributed by atoms with Gasteiger partial charge in [-0.3, -0.25) is 4.79 Å². The van der Waals surface area contributed by atoms with E-state index in [0.717, 1.165) is 44.3 Å². The molecular formula is C19H19ClN4OS. The molecular weight excluding hydrogens is 368 g/mol. The largest absolute Gasteiger partial charge is 0.369 e. The first kappa shape index (κ1) is 17.2. The number of aromatic nitrogens is 2. The van der Waals surface area contributed by atoms with Gasteiger partial charge in [0.25, 0.3) is 0 Å². The number of hydrogen-bond donors (Lipinski definition) is 1. The number of carbonyl (C=O) groups excluding carboxylic acids is 1. The van der Waals surface area contributed by atoms with Crippen molar-refractivity contribution in [2.75, 3.05) is 11.4 Å². The zero-order valence-electron chi connectivity index (χ0n) is 14.4. The molecule has 1 aliphatic heterocycles. The number of halogens is 1. The molecule has 0 saturated carbocycles. The van der Waals surface area contributed by atoms with Crippen molar-refractivity contribution in [2.45, 2.75) is 25.8 Å². The molecule has 0 radical (unpaired) electrons. The highest BCUT2D eigenvalue weighted by Crippen LogP contribution is 2.39. The molecule has 4 rings (SSSR count). The van der Waals surface area contributed by atoms with Crippen LogP contribution in [0.25, 0.3) is 20.7 Å². The lowest BCUT2D eigenvalue weighted by Gasteiger charge is -2.37. The Bertz CT molecular complexity index is 956. The van der Waals surface area contributed by atoms with E-state index in [1.807, 2.05) is 24.3 Å². The van der Waals surface area contributed by atoms with Gasteiger partial charge in [-0.25, -0.2) is 9.97 Å². The Morgan fingerprint density at radius 1 is 1.27 bits per heavy atom. The SMILES string of the molecule is CC1CCC(C(N)=O)CN1c1ncnc2cc(-c3ccc(Cl)cc3)sc12. The number of fused-ring (bicyclic) bond motifs is 1. The zero-order chi connectivity index (χ0) is 18.3. The minimum absolute atomic E-state index is 0.132. The molecule has 1 fully saturated rings. The van der Waals surface area contributed by atoms with Crippen molar-refractivity contribution >= 4 is 44.9 Å². The summed E-state index contributed by atoms with van der Waals surface area (Å²) in [7, 11) is 0. The van der Waals surface area contributed by atoms with E-state index in [1.54, 1.807) is 17.7 Å². The number of anilines is 1. The molecule has 3 aromatic rings. The smallest absolute Gasteiger partial charge is 0.222 e. The highest BCUT2D eigenvalue weighted by atomic mass is 35.5. The van der Waals surface area contributed by atoms with Crippen LogP contribution in [0.2, 0.25) is 5.02 Å². The van der Waals surface area contributed by atoms with Gasteiger partial charge in [0.2, 0.25) is 5.91 Å². The summed E-state index contributed by atoms with van der Waals surface area (Å²) in [6.07, 6.45) is 3.35. The highest BCUT2D eigenvalue weighted by molar-refractivity contribution is 7.22. The van der Waals surface area contributed by atoms with E-state index in [0.29, 0.717) is 12.6 Å². The topological polar surface area (TPSA) is 72.1 Å². The van der Waals surface area contributed by atoms with Gasteiger partial charge >= 0.3 is 0 Å². The number of hydrogen-bond acceptors (Lipinski definition) is 5. The Kier molecular flexibility index (Phi) is 4.54. The summed E-state index contributed by atoms with van der Waals surface area (Å²) >= 11 is 7.66. The number of nitrogens with two attached hydrogens (primary N) is 1. The van der Waals surface area contributed by atoms with Crippen LogP contribution in [0.3, 0.4) is 0 Å². The summed E-state index contributed by atoms with van der Waals surface area (Å²) in [5.41, 5.74) is 7.57. The lowest BCUT2D eigenvalue weighted by Crippen LogP contribution is -2.46. The lowest BCUT2D eigenvalue weighted by atomic mass is 9.93. The van der Waals surface area contributed by atoms with Gasteiger partial charge in [0, 0.05) is 22.5 Å². The second-order valence-corrected chi connectivity index (χ2v) is 8.20. The number of primary amides is 1. The van der Waals surface area contributed by atoms with E-state index in [1.165, 1.54) is 0 Å². The highest BCUT2D eigenvalue weighted by Gasteiger charge is 2.30. The Labute approximate surface area is 160 Å². The monoisotopic (exact) mass is 386 g/mol. The summed E-state index contributed by atoms with van der Waals surface area (Å²) in [5.74, 6) is 0.519. The molecule has 7 heteroatoms. The Hall–Kier alpha value is -2.18.